The number of carbonyl (C=O) groups is 2. The summed E-state index contributed by atoms with van der Waals surface area (Å²) in [6.07, 6.45) is -6.54. The summed E-state index contributed by atoms with van der Waals surface area (Å²) in [5.41, 5.74) is -1.49. The van der Waals surface area contributed by atoms with Gasteiger partial charge in [-0.05, 0) is 24.6 Å². The van der Waals surface area contributed by atoms with Gasteiger partial charge in [-0.15, -0.1) is 0 Å². The van der Waals surface area contributed by atoms with Gasteiger partial charge in [-0.3, -0.25) is 4.79 Å². The monoisotopic (exact) mass is 454 g/mol. The Hall–Kier alpha value is -3.56. The van der Waals surface area contributed by atoms with Gasteiger partial charge < -0.3 is 9.15 Å². The Bertz CT molecular complexity index is 1210. The molecule has 0 radical (unpaired) electrons. The van der Waals surface area contributed by atoms with Crippen LogP contribution in [-0.2, 0) is 9.59 Å². The molecule has 1 aromatic heterocycles. The predicted octanol–water partition coefficient (Wildman–Crippen LogP) is 5.01. The third-order valence-corrected chi connectivity index (χ3v) is 4.65. The second-order valence-corrected chi connectivity index (χ2v) is 6.96. The molecule has 0 unspecified atom stereocenters. The number of benzene rings is 2. The average molecular weight is 454 g/mol. The SMILES string of the molecule is CC(=O)C[C@H](c1ccccc1)c1c(OC(=O)C(F)(F)C(F)(F)F)c2ccccc2oc1=O. The van der Waals surface area contributed by atoms with Gasteiger partial charge in [0.2, 0.25) is 0 Å². The van der Waals surface area contributed by atoms with E-state index in [9.17, 15) is 36.3 Å². The van der Waals surface area contributed by atoms with E-state index in [2.05, 4.69) is 4.74 Å². The average Bonchev–Trinajstić information content (AvgIpc) is 2.72. The molecule has 32 heavy (non-hydrogen) atoms. The van der Waals surface area contributed by atoms with Crippen molar-refractivity contribution in [2.45, 2.75) is 31.4 Å². The summed E-state index contributed by atoms with van der Waals surface area (Å²) in [5.74, 6) is -11.1. The number of alkyl halides is 5. The van der Waals surface area contributed by atoms with Crippen LogP contribution < -0.4 is 10.4 Å². The van der Waals surface area contributed by atoms with E-state index in [0.717, 1.165) is 0 Å². The Labute approximate surface area is 177 Å². The van der Waals surface area contributed by atoms with E-state index in [-0.39, 0.29) is 17.4 Å². The van der Waals surface area contributed by atoms with Crippen LogP contribution >= 0.6 is 0 Å². The molecule has 0 fully saturated rings. The molecular formula is C22H15F5O5. The lowest BCUT2D eigenvalue weighted by molar-refractivity contribution is -0.276. The Morgan fingerprint density at radius 2 is 1.56 bits per heavy atom. The highest BCUT2D eigenvalue weighted by Crippen LogP contribution is 2.41. The van der Waals surface area contributed by atoms with Crippen molar-refractivity contribution < 1.29 is 40.7 Å². The molecule has 1 atom stereocenters. The Balaban J connectivity index is 2.28. The highest BCUT2D eigenvalue weighted by Gasteiger charge is 2.65. The number of rotatable bonds is 6. The smallest absolute Gasteiger partial charge is 0.422 e. The minimum atomic E-state index is -6.21. The fraction of sp³-hybridized carbons (Fsp3) is 0.227. The predicted molar refractivity (Wildman–Crippen MR) is 103 cm³/mol. The van der Waals surface area contributed by atoms with Crippen LogP contribution in [0, 0.1) is 0 Å². The van der Waals surface area contributed by atoms with Crippen molar-refractivity contribution in [1.29, 1.82) is 0 Å². The molecule has 0 bridgehead atoms. The molecular weight excluding hydrogens is 439 g/mol. The Morgan fingerprint density at radius 3 is 2.16 bits per heavy atom. The van der Waals surface area contributed by atoms with Gasteiger partial charge in [-0.1, -0.05) is 42.5 Å². The first-order valence-corrected chi connectivity index (χ1v) is 9.20. The summed E-state index contributed by atoms with van der Waals surface area (Å²) in [5, 5.41) is -0.182. The fourth-order valence-electron chi connectivity index (χ4n) is 3.18. The summed E-state index contributed by atoms with van der Waals surface area (Å²) >= 11 is 0. The number of hydrogen-bond donors (Lipinski definition) is 0. The van der Waals surface area contributed by atoms with Gasteiger partial charge in [0, 0.05) is 12.3 Å². The van der Waals surface area contributed by atoms with E-state index < -0.39 is 46.7 Å². The Kier molecular flexibility index (Phi) is 6.16. The molecule has 3 aromatic rings. The number of carbonyl (C=O) groups excluding carboxylic acids is 2. The Morgan fingerprint density at radius 1 is 0.969 bits per heavy atom. The van der Waals surface area contributed by atoms with Gasteiger partial charge in [0.15, 0.2) is 5.75 Å². The maximum Gasteiger partial charge on any atom is 0.465 e. The molecule has 168 valence electrons. The maximum atomic E-state index is 13.6. The van der Waals surface area contributed by atoms with Gasteiger partial charge >= 0.3 is 23.7 Å². The van der Waals surface area contributed by atoms with Crippen molar-refractivity contribution in [1.82, 2.24) is 0 Å². The molecule has 0 aliphatic heterocycles. The summed E-state index contributed by atoms with van der Waals surface area (Å²) < 4.78 is 75.1. The van der Waals surface area contributed by atoms with Crippen molar-refractivity contribution in [2.75, 3.05) is 0 Å². The third kappa shape index (κ3) is 4.39. The molecule has 5 nitrogen and oxygen atoms in total. The van der Waals surface area contributed by atoms with Gasteiger partial charge in [0.1, 0.15) is 11.4 Å². The third-order valence-electron chi connectivity index (χ3n) is 4.65. The number of para-hydroxylation sites is 1. The first-order chi connectivity index (χ1) is 14.9. The van der Waals surface area contributed by atoms with E-state index in [0.29, 0.717) is 5.56 Å². The number of halogens is 5. The zero-order valence-corrected chi connectivity index (χ0v) is 16.4. The second-order valence-electron chi connectivity index (χ2n) is 6.96. The van der Waals surface area contributed by atoms with Crippen LogP contribution in [0.2, 0.25) is 0 Å². The van der Waals surface area contributed by atoms with Crippen LogP contribution in [0.15, 0.2) is 63.8 Å². The fourth-order valence-corrected chi connectivity index (χ4v) is 3.18. The molecule has 0 aliphatic carbocycles. The molecule has 0 saturated heterocycles. The lowest BCUT2D eigenvalue weighted by atomic mass is 9.87. The molecule has 1 heterocycles. The minimum absolute atomic E-state index is 0.182. The highest BCUT2D eigenvalue weighted by atomic mass is 19.4. The van der Waals surface area contributed by atoms with Gasteiger partial charge in [-0.2, -0.15) is 22.0 Å². The van der Waals surface area contributed by atoms with Crippen LogP contribution in [-0.4, -0.2) is 23.9 Å². The van der Waals surface area contributed by atoms with Crippen molar-refractivity contribution in [2.24, 2.45) is 0 Å². The topological polar surface area (TPSA) is 73.6 Å². The molecule has 0 saturated carbocycles. The zero-order valence-electron chi connectivity index (χ0n) is 16.4. The largest absolute Gasteiger partial charge is 0.465 e. The molecule has 0 spiro atoms. The standard InChI is InChI=1S/C22H15F5O5/c1-12(28)11-15(13-7-3-2-4-8-13)17-18(32-20(30)21(23,24)22(25,26)27)14-9-5-6-10-16(14)31-19(17)29/h2-10,15H,11H2,1H3/t15-/m1/s1. The number of ketones is 1. The second kappa shape index (κ2) is 8.52. The van der Waals surface area contributed by atoms with E-state index in [1.807, 2.05) is 0 Å². The van der Waals surface area contributed by atoms with Crippen molar-refractivity contribution in [3.05, 3.63) is 76.1 Å². The molecule has 10 heteroatoms. The molecule has 0 amide bonds. The number of hydrogen-bond acceptors (Lipinski definition) is 5. The number of ether oxygens (including phenoxy) is 1. The van der Waals surface area contributed by atoms with Crippen LogP contribution in [0.25, 0.3) is 11.0 Å². The van der Waals surface area contributed by atoms with Crippen molar-refractivity contribution >= 4 is 22.7 Å². The highest BCUT2D eigenvalue weighted by molar-refractivity contribution is 5.90. The number of Topliss-reactive ketones (excluding diaryl/α,β-unsaturated/α-hetero) is 1. The van der Waals surface area contributed by atoms with E-state index in [4.69, 9.17) is 4.42 Å². The van der Waals surface area contributed by atoms with Crippen molar-refractivity contribution in [3.8, 4) is 5.75 Å². The minimum Gasteiger partial charge on any atom is -0.422 e. The quantitative estimate of drug-likeness (QED) is 0.298. The lowest BCUT2D eigenvalue weighted by Gasteiger charge is -2.22. The van der Waals surface area contributed by atoms with Crippen LogP contribution in [0.4, 0.5) is 22.0 Å². The summed E-state index contributed by atoms with van der Waals surface area (Å²) in [7, 11) is 0. The van der Waals surface area contributed by atoms with E-state index in [1.165, 1.54) is 43.3 Å². The summed E-state index contributed by atoms with van der Waals surface area (Å²) in [4.78, 5) is 36.6. The number of fused-ring (bicyclic) bond motifs is 1. The first kappa shape index (κ1) is 23.1. The van der Waals surface area contributed by atoms with Crippen LogP contribution in [0.3, 0.4) is 0 Å². The summed E-state index contributed by atoms with van der Waals surface area (Å²) in [6.45, 7) is 1.21. The molecule has 2 aromatic carbocycles. The van der Waals surface area contributed by atoms with Gasteiger partial charge in [0.05, 0.1) is 10.9 Å². The summed E-state index contributed by atoms with van der Waals surface area (Å²) in [6, 6.07) is 13.1. The maximum absolute atomic E-state index is 13.6. The normalized spacial score (nSPS) is 13.1. The van der Waals surface area contributed by atoms with Gasteiger partial charge in [-0.25, -0.2) is 9.59 Å². The van der Waals surface area contributed by atoms with Crippen molar-refractivity contribution in [3.63, 3.8) is 0 Å². The molecule has 0 aliphatic rings. The van der Waals surface area contributed by atoms with Crippen LogP contribution in [0.5, 0.6) is 5.75 Å². The zero-order chi connectivity index (χ0) is 23.7. The van der Waals surface area contributed by atoms with E-state index in [1.54, 1.807) is 18.2 Å². The molecule has 0 N–H and O–H groups in total. The first-order valence-electron chi connectivity index (χ1n) is 9.20. The van der Waals surface area contributed by atoms with E-state index >= 15 is 0 Å². The number of esters is 1. The van der Waals surface area contributed by atoms with Crippen LogP contribution in [0.1, 0.15) is 30.4 Å². The molecule has 3 rings (SSSR count). The lowest BCUT2D eigenvalue weighted by Crippen LogP contribution is -2.46. The van der Waals surface area contributed by atoms with Gasteiger partial charge in [0.25, 0.3) is 0 Å².